The molecule has 0 spiro atoms. The van der Waals surface area contributed by atoms with Gasteiger partial charge in [0.15, 0.2) is 5.11 Å². The average molecular weight is 265 g/mol. The van der Waals surface area contributed by atoms with Crippen LogP contribution in [-0.2, 0) is 6.54 Å². The van der Waals surface area contributed by atoms with Crippen LogP contribution in [0.4, 0.5) is 0 Å². The molecule has 0 aromatic carbocycles. The molecule has 98 valence electrons. The van der Waals surface area contributed by atoms with Gasteiger partial charge in [0, 0.05) is 18.2 Å². The third-order valence-electron chi connectivity index (χ3n) is 3.10. The third kappa shape index (κ3) is 2.79. The summed E-state index contributed by atoms with van der Waals surface area (Å²) < 4.78 is 0. The molecule has 2 N–H and O–H groups in total. The van der Waals surface area contributed by atoms with Gasteiger partial charge in [-0.1, -0.05) is 6.07 Å². The van der Waals surface area contributed by atoms with Gasteiger partial charge < -0.3 is 15.3 Å². The molecule has 1 fully saturated rings. The lowest BCUT2D eigenvalue weighted by Crippen LogP contribution is -2.66. The lowest BCUT2D eigenvalue weighted by atomic mass is 9.90. The molecule has 2 rings (SSSR count). The van der Waals surface area contributed by atoms with Crippen LogP contribution in [0.5, 0.6) is 0 Å². The van der Waals surface area contributed by atoms with Crippen LogP contribution in [0.1, 0.15) is 32.9 Å². The van der Waals surface area contributed by atoms with Crippen molar-refractivity contribution in [3.63, 3.8) is 0 Å². The van der Waals surface area contributed by atoms with Gasteiger partial charge in [0.2, 0.25) is 0 Å². The van der Waals surface area contributed by atoms with E-state index in [1.165, 1.54) is 0 Å². The molecule has 1 aromatic heterocycles. The number of pyridine rings is 1. The Morgan fingerprint density at radius 2 is 2.17 bits per heavy atom. The summed E-state index contributed by atoms with van der Waals surface area (Å²) in [5, 5.41) is 14.4. The third-order valence-corrected chi connectivity index (χ3v) is 3.42. The molecule has 2 heterocycles. The molecule has 1 saturated heterocycles. The summed E-state index contributed by atoms with van der Waals surface area (Å²) in [5.74, 6) is 0. The summed E-state index contributed by atoms with van der Waals surface area (Å²) in [6, 6.07) is 5.73. The second-order valence-electron chi connectivity index (χ2n) is 5.62. The number of thiocarbonyl (C=S) groups is 1. The Bertz CT molecular complexity index is 445. The molecule has 4 nitrogen and oxygen atoms in total. The molecule has 1 unspecified atom stereocenters. The molecular formula is C13H19N3OS. The number of aromatic nitrogens is 1. The van der Waals surface area contributed by atoms with Crippen molar-refractivity contribution in [3.8, 4) is 0 Å². The Labute approximate surface area is 113 Å². The van der Waals surface area contributed by atoms with Gasteiger partial charge in [-0.3, -0.25) is 4.98 Å². The van der Waals surface area contributed by atoms with Crippen LogP contribution in [0.15, 0.2) is 24.4 Å². The zero-order valence-electron chi connectivity index (χ0n) is 11.0. The van der Waals surface area contributed by atoms with E-state index < -0.39 is 5.72 Å². The van der Waals surface area contributed by atoms with Gasteiger partial charge in [-0.15, -0.1) is 0 Å². The minimum atomic E-state index is -0.955. The molecule has 5 heteroatoms. The van der Waals surface area contributed by atoms with Crippen LogP contribution in [0.2, 0.25) is 0 Å². The Balaban J connectivity index is 2.20. The average Bonchev–Trinajstić information content (AvgIpc) is 2.23. The monoisotopic (exact) mass is 265 g/mol. The highest BCUT2D eigenvalue weighted by molar-refractivity contribution is 7.80. The van der Waals surface area contributed by atoms with Gasteiger partial charge in [0.25, 0.3) is 0 Å². The summed E-state index contributed by atoms with van der Waals surface area (Å²) >= 11 is 5.35. The topological polar surface area (TPSA) is 48.4 Å². The van der Waals surface area contributed by atoms with Crippen LogP contribution in [0.3, 0.4) is 0 Å². The number of hydrogen-bond donors (Lipinski definition) is 2. The fourth-order valence-electron chi connectivity index (χ4n) is 2.45. The van der Waals surface area contributed by atoms with E-state index in [0.29, 0.717) is 18.1 Å². The SMILES string of the molecule is CC1(C)CC(C)(O)N(Cc2ccccn2)C(=S)N1. The Kier molecular flexibility index (Phi) is 3.29. The molecular weight excluding hydrogens is 246 g/mol. The maximum absolute atomic E-state index is 10.6. The first-order valence-corrected chi connectivity index (χ1v) is 6.43. The zero-order valence-corrected chi connectivity index (χ0v) is 11.8. The molecule has 1 aliphatic rings. The molecule has 0 bridgehead atoms. The predicted molar refractivity (Wildman–Crippen MR) is 74.8 cm³/mol. The summed E-state index contributed by atoms with van der Waals surface area (Å²) in [4.78, 5) is 6.06. The lowest BCUT2D eigenvalue weighted by Gasteiger charge is -2.49. The second kappa shape index (κ2) is 4.48. The molecule has 0 amide bonds. The van der Waals surface area contributed by atoms with Gasteiger partial charge in [0.05, 0.1) is 12.2 Å². The highest BCUT2D eigenvalue weighted by Crippen LogP contribution is 2.30. The summed E-state index contributed by atoms with van der Waals surface area (Å²) in [5.41, 5.74) is -0.258. The Hall–Kier alpha value is -1.20. The molecule has 1 aliphatic heterocycles. The molecule has 1 atom stereocenters. The van der Waals surface area contributed by atoms with Gasteiger partial charge in [0.1, 0.15) is 5.72 Å². The van der Waals surface area contributed by atoms with E-state index in [-0.39, 0.29) is 5.54 Å². The van der Waals surface area contributed by atoms with E-state index in [0.717, 1.165) is 5.69 Å². The Morgan fingerprint density at radius 3 is 2.72 bits per heavy atom. The minimum Gasteiger partial charge on any atom is -0.371 e. The fourth-order valence-corrected chi connectivity index (χ4v) is 2.99. The van der Waals surface area contributed by atoms with Crippen molar-refractivity contribution in [2.75, 3.05) is 0 Å². The lowest BCUT2D eigenvalue weighted by molar-refractivity contribution is -0.0925. The van der Waals surface area contributed by atoms with Crippen molar-refractivity contribution in [1.82, 2.24) is 15.2 Å². The smallest absolute Gasteiger partial charge is 0.171 e. The van der Waals surface area contributed by atoms with Crippen molar-refractivity contribution in [1.29, 1.82) is 0 Å². The quantitative estimate of drug-likeness (QED) is 0.796. The Morgan fingerprint density at radius 1 is 1.44 bits per heavy atom. The highest BCUT2D eigenvalue weighted by atomic mass is 32.1. The number of nitrogens with zero attached hydrogens (tertiary/aromatic N) is 2. The largest absolute Gasteiger partial charge is 0.371 e. The summed E-state index contributed by atoms with van der Waals surface area (Å²) in [7, 11) is 0. The molecule has 0 saturated carbocycles. The van der Waals surface area contributed by atoms with Gasteiger partial charge in [-0.25, -0.2) is 0 Å². The van der Waals surface area contributed by atoms with E-state index in [9.17, 15) is 5.11 Å². The van der Waals surface area contributed by atoms with Crippen LogP contribution in [0.25, 0.3) is 0 Å². The summed E-state index contributed by atoms with van der Waals surface area (Å²) in [6.45, 7) is 6.37. The summed E-state index contributed by atoms with van der Waals surface area (Å²) in [6.07, 6.45) is 2.35. The maximum Gasteiger partial charge on any atom is 0.171 e. The standard InChI is InChI=1S/C13H19N3OS/c1-12(2)9-13(3,17)16(11(18)15-12)8-10-6-4-5-7-14-10/h4-7,17H,8-9H2,1-3H3,(H,15,18). The fraction of sp³-hybridized carbons (Fsp3) is 0.538. The number of nitrogens with one attached hydrogen (secondary N) is 1. The van der Waals surface area contributed by atoms with Crippen LogP contribution in [-0.4, -0.2) is 31.4 Å². The second-order valence-corrected chi connectivity index (χ2v) is 6.00. The first-order chi connectivity index (χ1) is 8.30. The minimum absolute atomic E-state index is 0.193. The number of rotatable bonds is 2. The highest BCUT2D eigenvalue weighted by Gasteiger charge is 2.42. The number of hydrogen-bond acceptors (Lipinski definition) is 3. The maximum atomic E-state index is 10.6. The predicted octanol–water partition coefficient (Wildman–Crippen LogP) is 1.65. The van der Waals surface area contributed by atoms with Gasteiger partial charge in [-0.2, -0.15) is 0 Å². The van der Waals surface area contributed by atoms with Crippen LogP contribution >= 0.6 is 12.2 Å². The van der Waals surface area contributed by atoms with E-state index in [4.69, 9.17) is 12.2 Å². The van der Waals surface area contributed by atoms with Crippen molar-refractivity contribution < 1.29 is 5.11 Å². The van der Waals surface area contributed by atoms with Gasteiger partial charge in [-0.05, 0) is 45.1 Å². The molecule has 18 heavy (non-hydrogen) atoms. The molecule has 0 aliphatic carbocycles. The van der Waals surface area contributed by atoms with E-state index in [1.54, 1.807) is 18.0 Å². The zero-order chi connectivity index (χ0) is 13.4. The number of aliphatic hydroxyl groups is 1. The van der Waals surface area contributed by atoms with E-state index in [1.807, 2.05) is 32.0 Å². The van der Waals surface area contributed by atoms with Crippen LogP contribution in [0, 0.1) is 0 Å². The first kappa shape index (κ1) is 13.2. The first-order valence-electron chi connectivity index (χ1n) is 6.02. The molecule has 0 radical (unpaired) electrons. The van der Waals surface area contributed by atoms with E-state index >= 15 is 0 Å². The molecule has 1 aromatic rings. The van der Waals surface area contributed by atoms with Crippen molar-refractivity contribution in [2.45, 2.75) is 45.0 Å². The van der Waals surface area contributed by atoms with Crippen LogP contribution < -0.4 is 5.32 Å². The normalized spacial score (nSPS) is 26.9. The van der Waals surface area contributed by atoms with Crippen molar-refractivity contribution in [3.05, 3.63) is 30.1 Å². The van der Waals surface area contributed by atoms with Gasteiger partial charge >= 0.3 is 0 Å². The van der Waals surface area contributed by atoms with Crippen molar-refractivity contribution in [2.24, 2.45) is 0 Å². The van der Waals surface area contributed by atoms with Crippen molar-refractivity contribution >= 4 is 17.3 Å². The van der Waals surface area contributed by atoms with E-state index in [2.05, 4.69) is 10.3 Å².